The van der Waals surface area contributed by atoms with Gasteiger partial charge in [-0.05, 0) is 41.0 Å². The summed E-state index contributed by atoms with van der Waals surface area (Å²) in [5.41, 5.74) is 12.9. The molecule has 0 aliphatic rings. The molecule has 4 heterocycles. The summed E-state index contributed by atoms with van der Waals surface area (Å²) in [5, 5.41) is 5.36. The summed E-state index contributed by atoms with van der Waals surface area (Å²) in [6, 6.07) is 66.2. The minimum Gasteiger partial charge on any atom is -0.455 e. The van der Waals surface area contributed by atoms with E-state index in [9.17, 15) is 0 Å². The smallest absolute Gasteiger partial charge is 0.164 e. The summed E-state index contributed by atoms with van der Waals surface area (Å²) < 4.78 is 13.0. The molecule has 280 valence electrons. The summed E-state index contributed by atoms with van der Waals surface area (Å²) in [6.45, 7) is 0. The number of benzene rings is 8. The van der Waals surface area contributed by atoms with Crippen LogP contribution in [0.4, 0.5) is 0 Å². The van der Waals surface area contributed by atoms with Crippen LogP contribution in [-0.4, -0.2) is 19.9 Å². The van der Waals surface area contributed by atoms with Crippen LogP contribution in [0.3, 0.4) is 0 Å². The lowest BCUT2D eigenvalue weighted by Gasteiger charge is -2.11. The van der Waals surface area contributed by atoms with Gasteiger partial charge in [-0.3, -0.25) is 0 Å². The minimum atomic E-state index is 0.572. The van der Waals surface area contributed by atoms with Crippen molar-refractivity contribution in [3.63, 3.8) is 0 Å². The van der Waals surface area contributed by atoms with E-state index in [2.05, 4.69) is 115 Å². The quantitative estimate of drug-likeness (QED) is 0.168. The molecule has 0 aliphatic carbocycles. The van der Waals surface area contributed by atoms with Crippen molar-refractivity contribution >= 4 is 54.8 Å². The maximum atomic E-state index is 6.58. The summed E-state index contributed by atoms with van der Waals surface area (Å²) in [7, 11) is 0. The van der Waals surface area contributed by atoms with Crippen molar-refractivity contribution in [2.75, 3.05) is 0 Å². The van der Waals surface area contributed by atoms with Gasteiger partial charge in [0.25, 0.3) is 0 Å². The van der Waals surface area contributed by atoms with Crippen molar-refractivity contribution in [2.24, 2.45) is 0 Å². The van der Waals surface area contributed by atoms with E-state index in [0.29, 0.717) is 17.5 Å². The van der Waals surface area contributed by atoms with Gasteiger partial charge in [-0.25, -0.2) is 19.9 Å². The highest BCUT2D eigenvalue weighted by atomic mass is 16.3. The fourth-order valence-corrected chi connectivity index (χ4v) is 8.42. The number of nitrogens with zero attached hydrogens (tertiary/aromatic N) is 4. The average molecular weight is 769 g/mol. The van der Waals surface area contributed by atoms with Crippen LogP contribution in [0.5, 0.6) is 0 Å². The Morgan fingerprint density at radius 1 is 0.300 bits per heavy atom. The van der Waals surface area contributed by atoms with E-state index in [4.69, 9.17) is 28.8 Å². The average Bonchev–Trinajstić information content (AvgIpc) is 3.91. The van der Waals surface area contributed by atoms with Gasteiger partial charge >= 0.3 is 0 Å². The SMILES string of the molecule is c1ccc(-c2ccc3c(c2)nc(-c2ccc(-c4nc(-c5ccccc5)nc(-c5cccc(-c6cccc7c6oc6ccccc67)c5)n4)cc2)c2oc4ccccc4c23)cc1. The number of pyridine rings is 1. The van der Waals surface area contributed by atoms with Gasteiger partial charge in [0.15, 0.2) is 23.1 Å². The predicted molar refractivity (Wildman–Crippen MR) is 242 cm³/mol. The monoisotopic (exact) mass is 768 g/mol. The van der Waals surface area contributed by atoms with E-state index in [-0.39, 0.29) is 0 Å². The predicted octanol–water partition coefficient (Wildman–Crippen LogP) is 14.2. The summed E-state index contributed by atoms with van der Waals surface area (Å²) >= 11 is 0. The number of furan rings is 2. The Bertz CT molecular complexity index is 3590. The van der Waals surface area contributed by atoms with Gasteiger partial charge < -0.3 is 8.83 Å². The molecule has 0 amide bonds. The Morgan fingerprint density at radius 3 is 1.60 bits per heavy atom. The molecule has 0 N–H and O–H groups in total. The third kappa shape index (κ3) is 5.65. The first kappa shape index (κ1) is 33.9. The number of fused-ring (bicyclic) bond motifs is 8. The van der Waals surface area contributed by atoms with Gasteiger partial charge in [-0.1, -0.05) is 170 Å². The van der Waals surface area contributed by atoms with Crippen LogP contribution in [-0.2, 0) is 0 Å². The molecule has 60 heavy (non-hydrogen) atoms. The molecule has 12 rings (SSSR count). The molecule has 0 atom stereocenters. The third-order valence-electron chi connectivity index (χ3n) is 11.3. The minimum absolute atomic E-state index is 0.572. The zero-order chi connectivity index (χ0) is 39.6. The molecular weight excluding hydrogens is 737 g/mol. The van der Waals surface area contributed by atoms with Crippen LogP contribution in [0.2, 0.25) is 0 Å². The third-order valence-corrected chi connectivity index (χ3v) is 11.3. The number of hydrogen-bond donors (Lipinski definition) is 0. The van der Waals surface area contributed by atoms with Crippen molar-refractivity contribution < 1.29 is 8.83 Å². The second kappa shape index (κ2) is 13.7. The number of aromatic nitrogens is 4. The Labute approximate surface area is 344 Å². The van der Waals surface area contributed by atoms with Crippen molar-refractivity contribution in [1.29, 1.82) is 0 Å². The molecule has 0 fully saturated rings. The van der Waals surface area contributed by atoms with Crippen LogP contribution in [0.1, 0.15) is 0 Å². The van der Waals surface area contributed by atoms with Crippen molar-refractivity contribution in [3.8, 4) is 67.7 Å². The second-order valence-electron chi connectivity index (χ2n) is 15.0. The van der Waals surface area contributed by atoms with E-state index < -0.39 is 0 Å². The summed E-state index contributed by atoms with van der Waals surface area (Å²) in [4.78, 5) is 20.5. The van der Waals surface area contributed by atoms with Gasteiger partial charge in [0, 0.05) is 54.7 Å². The van der Waals surface area contributed by atoms with Crippen molar-refractivity contribution in [1.82, 2.24) is 19.9 Å². The Hall–Kier alpha value is -8.22. The van der Waals surface area contributed by atoms with Crippen LogP contribution < -0.4 is 0 Å². The first-order valence-electron chi connectivity index (χ1n) is 20.0. The molecular formula is C54H32N4O2. The van der Waals surface area contributed by atoms with Crippen LogP contribution in [0.15, 0.2) is 203 Å². The van der Waals surface area contributed by atoms with E-state index in [1.54, 1.807) is 0 Å². The first-order chi connectivity index (χ1) is 29.7. The van der Waals surface area contributed by atoms with Crippen LogP contribution in [0, 0.1) is 0 Å². The fourth-order valence-electron chi connectivity index (χ4n) is 8.42. The molecule has 6 nitrogen and oxygen atoms in total. The topological polar surface area (TPSA) is 77.8 Å². The zero-order valence-electron chi connectivity index (χ0n) is 32.1. The number of hydrogen-bond acceptors (Lipinski definition) is 6. The van der Waals surface area contributed by atoms with Gasteiger partial charge in [0.2, 0.25) is 0 Å². The van der Waals surface area contributed by atoms with Crippen molar-refractivity contribution in [3.05, 3.63) is 194 Å². The number of para-hydroxylation sites is 3. The van der Waals surface area contributed by atoms with E-state index in [1.807, 2.05) is 78.9 Å². The molecule has 0 aliphatic heterocycles. The van der Waals surface area contributed by atoms with Gasteiger partial charge in [-0.15, -0.1) is 0 Å². The summed E-state index contributed by atoms with van der Waals surface area (Å²) in [6.07, 6.45) is 0. The molecule has 4 aromatic heterocycles. The Balaban J connectivity index is 0.980. The molecule has 0 radical (unpaired) electrons. The highest BCUT2D eigenvalue weighted by Crippen LogP contribution is 2.41. The maximum Gasteiger partial charge on any atom is 0.164 e. The maximum absolute atomic E-state index is 6.58. The first-order valence-corrected chi connectivity index (χ1v) is 20.0. The Morgan fingerprint density at radius 2 is 0.833 bits per heavy atom. The number of rotatable bonds is 6. The highest BCUT2D eigenvalue weighted by Gasteiger charge is 2.20. The Kier molecular flexibility index (Phi) is 7.74. The zero-order valence-corrected chi connectivity index (χ0v) is 32.1. The lowest BCUT2D eigenvalue weighted by atomic mass is 9.99. The molecule has 0 saturated carbocycles. The lowest BCUT2D eigenvalue weighted by Crippen LogP contribution is -2.00. The molecule has 12 aromatic rings. The van der Waals surface area contributed by atoms with E-state index in [1.165, 1.54) is 0 Å². The lowest BCUT2D eigenvalue weighted by molar-refractivity contribution is 0.668. The van der Waals surface area contributed by atoms with E-state index >= 15 is 0 Å². The standard InChI is InChI=1S/C54H32N4O2/c1-3-13-33(14-4-1)37-29-30-43-45(32-37)55-49(51-48(43)44-20-8-10-24-47(44)60-51)34-25-27-36(28-26-34)53-56-52(35-15-5-2-6-16-35)57-54(58-53)39-18-11-17-38(31-39)40-21-12-22-42-41-19-7-9-23-46(41)59-50(40)42/h1-32H. The molecule has 0 saturated heterocycles. The second-order valence-corrected chi connectivity index (χ2v) is 15.0. The fraction of sp³-hybridized carbons (Fsp3) is 0. The summed E-state index contributed by atoms with van der Waals surface area (Å²) in [5.74, 6) is 1.75. The molecule has 8 aromatic carbocycles. The molecule has 0 bridgehead atoms. The molecule has 0 spiro atoms. The molecule has 0 unspecified atom stereocenters. The molecule has 6 heteroatoms. The van der Waals surface area contributed by atoms with Gasteiger partial charge in [0.05, 0.1) is 5.52 Å². The van der Waals surface area contributed by atoms with E-state index in [0.717, 1.165) is 105 Å². The largest absolute Gasteiger partial charge is 0.455 e. The normalized spacial score (nSPS) is 11.7. The van der Waals surface area contributed by atoms with Gasteiger partial charge in [-0.2, -0.15) is 0 Å². The van der Waals surface area contributed by atoms with Crippen molar-refractivity contribution in [2.45, 2.75) is 0 Å². The van der Waals surface area contributed by atoms with Gasteiger partial charge in [0.1, 0.15) is 22.4 Å². The van der Waals surface area contributed by atoms with Crippen LogP contribution >= 0.6 is 0 Å². The highest BCUT2D eigenvalue weighted by molar-refractivity contribution is 6.21. The van der Waals surface area contributed by atoms with Crippen LogP contribution in [0.25, 0.3) is 122 Å².